The Bertz CT molecular complexity index is 274. The first-order valence-electron chi connectivity index (χ1n) is 4.92. The van der Waals surface area contributed by atoms with Crippen LogP contribution in [-0.4, -0.2) is 32.5 Å². The summed E-state index contributed by atoms with van der Waals surface area (Å²) < 4.78 is 22.7. The van der Waals surface area contributed by atoms with Crippen LogP contribution in [0.2, 0.25) is 0 Å². The highest BCUT2D eigenvalue weighted by Crippen LogP contribution is 1.98. The van der Waals surface area contributed by atoms with E-state index in [1.54, 1.807) is 13.8 Å². The Hall–Kier alpha value is -0.350. The molecule has 0 bridgehead atoms. The molecular formula is C10H21NO2S. The number of allylic oxidation sites excluding steroid dienone is 1. The molecule has 0 rings (SSSR count). The molecule has 0 spiro atoms. The van der Waals surface area contributed by atoms with Crippen molar-refractivity contribution in [2.45, 2.75) is 32.9 Å². The normalized spacial score (nSPS) is 11.8. The van der Waals surface area contributed by atoms with Gasteiger partial charge in [0.15, 0.2) is 9.84 Å². The molecule has 0 saturated carbocycles. The zero-order chi connectivity index (χ0) is 11.2. The summed E-state index contributed by atoms with van der Waals surface area (Å²) in [5.41, 5.74) is 1.24. The predicted molar refractivity (Wildman–Crippen MR) is 61.2 cm³/mol. The molecule has 0 aliphatic carbocycles. The molecule has 0 aromatic heterocycles. The standard InChI is InChI=1S/C10H21NO2S/c1-9(2)5-6-11-7-8-14(12,13)10(3)4/h5,10-11H,6-8H2,1-4H3. The highest BCUT2D eigenvalue weighted by Gasteiger charge is 2.14. The van der Waals surface area contributed by atoms with E-state index in [9.17, 15) is 8.42 Å². The third-order valence-corrected chi connectivity index (χ3v) is 4.15. The minimum atomic E-state index is -2.88. The molecule has 1 N–H and O–H groups in total. The Kier molecular flexibility index (Phi) is 6.04. The smallest absolute Gasteiger partial charge is 0.153 e. The largest absolute Gasteiger partial charge is 0.312 e. The minimum absolute atomic E-state index is 0.223. The zero-order valence-corrected chi connectivity index (χ0v) is 10.3. The molecule has 0 amide bonds. The molecule has 0 unspecified atom stereocenters. The lowest BCUT2D eigenvalue weighted by Crippen LogP contribution is -2.27. The SMILES string of the molecule is CC(C)=CCNCCS(=O)(=O)C(C)C. The zero-order valence-electron chi connectivity index (χ0n) is 9.50. The first kappa shape index (κ1) is 13.7. The van der Waals surface area contributed by atoms with Gasteiger partial charge in [0.1, 0.15) is 0 Å². The van der Waals surface area contributed by atoms with Crippen LogP contribution in [0, 0.1) is 0 Å². The van der Waals surface area contributed by atoms with Crippen molar-refractivity contribution in [3.05, 3.63) is 11.6 Å². The number of hydrogen-bond acceptors (Lipinski definition) is 3. The summed E-state index contributed by atoms with van der Waals surface area (Å²) >= 11 is 0. The number of rotatable bonds is 6. The molecular weight excluding hydrogens is 198 g/mol. The van der Waals surface area contributed by atoms with Gasteiger partial charge in [-0.3, -0.25) is 0 Å². The first-order chi connectivity index (χ1) is 6.36. The Balaban J connectivity index is 3.71. The number of sulfone groups is 1. The Morgan fingerprint density at radius 1 is 1.36 bits per heavy atom. The van der Waals surface area contributed by atoms with Crippen LogP contribution < -0.4 is 5.32 Å². The van der Waals surface area contributed by atoms with Gasteiger partial charge in [-0.1, -0.05) is 11.6 Å². The van der Waals surface area contributed by atoms with Gasteiger partial charge in [-0.2, -0.15) is 0 Å². The van der Waals surface area contributed by atoms with Gasteiger partial charge >= 0.3 is 0 Å². The van der Waals surface area contributed by atoms with Crippen molar-refractivity contribution in [3.8, 4) is 0 Å². The van der Waals surface area contributed by atoms with Gasteiger partial charge in [0.05, 0.1) is 11.0 Å². The maximum absolute atomic E-state index is 11.4. The molecule has 0 heterocycles. The maximum Gasteiger partial charge on any atom is 0.153 e. The summed E-state index contributed by atoms with van der Waals surface area (Å²) in [5, 5.41) is 2.80. The molecule has 0 fully saturated rings. The summed E-state index contributed by atoms with van der Waals surface area (Å²) in [6, 6.07) is 0. The van der Waals surface area contributed by atoms with Crippen molar-refractivity contribution >= 4 is 9.84 Å². The van der Waals surface area contributed by atoms with Crippen LogP contribution in [0.4, 0.5) is 0 Å². The average Bonchev–Trinajstić information content (AvgIpc) is 2.02. The molecule has 0 saturated heterocycles. The highest BCUT2D eigenvalue weighted by molar-refractivity contribution is 7.92. The van der Waals surface area contributed by atoms with Crippen LogP contribution in [0.3, 0.4) is 0 Å². The third kappa shape index (κ3) is 6.16. The van der Waals surface area contributed by atoms with Gasteiger partial charge < -0.3 is 5.32 Å². The van der Waals surface area contributed by atoms with Crippen LogP contribution in [0.5, 0.6) is 0 Å². The lowest BCUT2D eigenvalue weighted by atomic mass is 10.3. The second kappa shape index (κ2) is 6.19. The van der Waals surface area contributed by atoms with Gasteiger partial charge in [0, 0.05) is 13.1 Å². The summed E-state index contributed by atoms with van der Waals surface area (Å²) in [7, 11) is -2.88. The summed E-state index contributed by atoms with van der Waals surface area (Å²) in [6.07, 6.45) is 2.04. The van der Waals surface area contributed by atoms with E-state index in [4.69, 9.17) is 0 Å². The number of nitrogens with one attached hydrogen (secondary N) is 1. The van der Waals surface area contributed by atoms with Crippen LogP contribution in [-0.2, 0) is 9.84 Å². The third-order valence-electron chi connectivity index (χ3n) is 1.94. The molecule has 14 heavy (non-hydrogen) atoms. The van der Waals surface area contributed by atoms with Crippen molar-refractivity contribution < 1.29 is 8.42 Å². The van der Waals surface area contributed by atoms with E-state index >= 15 is 0 Å². The quantitative estimate of drug-likeness (QED) is 0.542. The van der Waals surface area contributed by atoms with Crippen LogP contribution in [0.25, 0.3) is 0 Å². The predicted octanol–water partition coefficient (Wildman–Crippen LogP) is 1.37. The molecule has 0 atom stereocenters. The van der Waals surface area contributed by atoms with E-state index in [-0.39, 0.29) is 11.0 Å². The molecule has 0 radical (unpaired) electrons. The molecule has 0 aromatic rings. The first-order valence-corrected chi connectivity index (χ1v) is 6.63. The molecule has 4 heteroatoms. The lowest BCUT2D eigenvalue weighted by Gasteiger charge is -2.07. The molecule has 0 aliphatic heterocycles. The van der Waals surface area contributed by atoms with Crippen LogP contribution in [0.1, 0.15) is 27.7 Å². The van der Waals surface area contributed by atoms with Gasteiger partial charge in [-0.25, -0.2) is 8.42 Å². The molecule has 0 aromatic carbocycles. The van der Waals surface area contributed by atoms with E-state index in [0.717, 1.165) is 6.54 Å². The van der Waals surface area contributed by atoms with E-state index in [1.807, 2.05) is 19.9 Å². The van der Waals surface area contributed by atoms with E-state index < -0.39 is 9.84 Å². The van der Waals surface area contributed by atoms with E-state index in [1.165, 1.54) is 5.57 Å². The maximum atomic E-state index is 11.4. The summed E-state index contributed by atoms with van der Waals surface area (Å²) in [6.45, 7) is 8.75. The van der Waals surface area contributed by atoms with Gasteiger partial charge in [-0.15, -0.1) is 0 Å². The minimum Gasteiger partial charge on any atom is -0.312 e. The van der Waals surface area contributed by atoms with Crippen molar-refractivity contribution in [2.75, 3.05) is 18.8 Å². The Morgan fingerprint density at radius 3 is 2.36 bits per heavy atom. The molecule has 0 aliphatic rings. The summed E-state index contributed by atoms with van der Waals surface area (Å²) in [5.74, 6) is 0.223. The van der Waals surface area contributed by atoms with Crippen LogP contribution >= 0.6 is 0 Å². The van der Waals surface area contributed by atoms with Crippen molar-refractivity contribution in [3.63, 3.8) is 0 Å². The molecule has 3 nitrogen and oxygen atoms in total. The fourth-order valence-electron chi connectivity index (χ4n) is 0.828. The second-order valence-corrected chi connectivity index (χ2v) is 6.58. The average molecular weight is 219 g/mol. The lowest BCUT2D eigenvalue weighted by molar-refractivity contribution is 0.584. The second-order valence-electron chi connectivity index (χ2n) is 3.90. The fourth-order valence-corrected chi connectivity index (χ4v) is 1.73. The van der Waals surface area contributed by atoms with E-state index in [2.05, 4.69) is 5.32 Å². The van der Waals surface area contributed by atoms with Gasteiger partial charge in [0.2, 0.25) is 0 Å². The number of hydrogen-bond donors (Lipinski definition) is 1. The highest BCUT2D eigenvalue weighted by atomic mass is 32.2. The van der Waals surface area contributed by atoms with Crippen molar-refractivity contribution in [1.82, 2.24) is 5.32 Å². The fraction of sp³-hybridized carbons (Fsp3) is 0.800. The topological polar surface area (TPSA) is 46.2 Å². The monoisotopic (exact) mass is 219 g/mol. The Labute approximate surface area is 87.5 Å². The summed E-state index contributed by atoms with van der Waals surface area (Å²) in [4.78, 5) is 0. The molecule has 84 valence electrons. The van der Waals surface area contributed by atoms with Gasteiger partial charge in [0.25, 0.3) is 0 Å². The van der Waals surface area contributed by atoms with Crippen LogP contribution in [0.15, 0.2) is 11.6 Å². The Morgan fingerprint density at radius 2 is 1.93 bits per heavy atom. The van der Waals surface area contributed by atoms with Crippen molar-refractivity contribution in [2.24, 2.45) is 0 Å². The van der Waals surface area contributed by atoms with E-state index in [0.29, 0.717) is 6.54 Å². The van der Waals surface area contributed by atoms with Crippen molar-refractivity contribution in [1.29, 1.82) is 0 Å². The van der Waals surface area contributed by atoms with Gasteiger partial charge in [-0.05, 0) is 27.7 Å².